The molecule has 1 rings (SSSR count). The van der Waals surface area contributed by atoms with Gasteiger partial charge in [0.2, 0.25) is 0 Å². The molecule has 0 aliphatic heterocycles. The number of allylic oxidation sites excluding steroid dienone is 1. The molecule has 1 heteroatoms. The number of rotatable bonds is 1. The first-order chi connectivity index (χ1) is 5.61. The highest BCUT2D eigenvalue weighted by Crippen LogP contribution is 2.15. The van der Waals surface area contributed by atoms with Crippen LogP contribution in [0.1, 0.15) is 25.0 Å². The first-order valence-electron chi connectivity index (χ1n) is 4.01. The van der Waals surface area contributed by atoms with Crippen LogP contribution in [-0.4, -0.2) is 0 Å². The molecule has 0 saturated carbocycles. The van der Waals surface area contributed by atoms with Gasteiger partial charge in [-0.3, -0.25) is 0 Å². The van der Waals surface area contributed by atoms with Crippen molar-refractivity contribution >= 4 is 6.08 Å². The molecule has 0 N–H and O–H groups in total. The maximum atomic E-state index is 13.2. The van der Waals surface area contributed by atoms with Gasteiger partial charge in [-0.1, -0.05) is 23.8 Å². The van der Waals surface area contributed by atoms with Crippen LogP contribution in [0.5, 0.6) is 0 Å². The van der Waals surface area contributed by atoms with Crippen molar-refractivity contribution in [1.82, 2.24) is 0 Å². The molecule has 64 valence electrons. The van der Waals surface area contributed by atoms with Crippen molar-refractivity contribution in [2.45, 2.75) is 20.8 Å². The molecule has 0 amide bonds. The van der Waals surface area contributed by atoms with Crippen molar-refractivity contribution in [2.75, 3.05) is 0 Å². The first-order valence-corrected chi connectivity index (χ1v) is 4.01. The monoisotopic (exact) mass is 164 g/mol. The van der Waals surface area contributed by atoms with Crippen LogP contribution in [-0.2, 0) is 0 Å². The minimum absolute atomic E-state index is 0.142. The van der Waals surface area contributed by atoms with Gasteiger partial charge in [0.1, 0.15) is 5.82 Å². The molecule has 0 bridgehead atoms. The van der Waals surface area contributed by atoms with Crippen LogP contribution < -0.4 is 0 Å². The summed E-state index contributed by atoms with van der Waals surface area (Å²) < 4.78 is 13.2. The predicted molar refractivity (Wildman–Crippen MR) is 50.5 cm³/mol. The number of hydrogen-bond acceptors (Lipinski definition) is 0. The van der Waals surface area contributed by atoms with Crippen LogP contribution in [0.25, 0.3) is 6.08 Å². The van der Waals surface area contributed by atoms with Gasteiger partial charge in [0, 0.05) is 5.56 Å². The summed E-state index contributed by atoms with van der Waals surface area (Å²) in [4.78, 5) is 0. The second-order valence-electron chi connectivity index (χ2n) is 3.19. The molecule has 1 aromatic rings. The van der Waals surface area contributed by atoms with Crippen molar-refractivity contribution in [3.05, 3.63) is 40.7 Å². The highest BCUT2D eigenvalue weighted by Gasteiger charge is 2.00. The normalized spacial score (nSPS) is 9.67. The molecule has 12 heavy (non-hydrogen) atoms. The van der Waals surface area contributed by atoms with E-state index >= 15 is 0 Å². The minimum atomic E-state index is -0.142. The Morgan fingerprint density at radius 1 is 1.33 bits per heavy atom. The van der Waals surface area contributed by atoms with Crippen molar-refractivity contribution < 1.29 is 4.39 Å². The molecule has 0 nitrogen and oxygen atoms in total. The second kappa shape index (κ2) is 3.53. The third-order valence-electron chi connectivity index (χ3n) is 1.70. The molecule has 0 unspecified atom stereocenters. The number of halogens is 1. The van der Waals surface area contributed by atoms with Gasteiger partial charge in [-0.25, -0.2) is 4.39 Å². The minimum Gasteiger partial charge on any atom is -0.206 e. The largest absolute Gasteiger partial charge is 0.206 e. The Hall–Kier alpha value is -1.11. The van der Waals surface area contributed by atoms with Crippen LogP contribution >= 0.6 is 0 Å². The van der Waals surface area contributed by atoms with Gasteiger partial charge in [0.05, 0.1) is 0 Å². The molecule has 0 spiro atoms. The molecule has 0 aliphatic carbocycles. The number of aryl methyl sites for hydroxylation is 1. The lowest BCUT2D eigenvalue weighted by molar-refractivity contribution is 0.623. The van der Waals surface area contributed by atoms with E-state index in [0.29, 0.717) is 5.56 Å². The van der Waals surface area contributed by atoms with E-state index in [9.17, 15) is 4.39 Å². The molecular weight excluding hydrogens is 151 g/mol. The molecule has 0 aromatic heterocycles. The summed E-state index contributed by atoms with van der Waals surface area (Å²) in [6, 6.07) is 5.13. The fraction of sp³-hybridized carbons (Fsp3) is 0.273. The van der Waals surface area contributed by atoms with Gasteiger partial charge in [-0.15, -0.1) is 0 Å². The van der Waals surface area contributed by atoms with Gasteiger partial charge in [0.25, 0.3) is 0 Å². The van der Waals surface area contributed by atoms with Gasteiger partial charge < -0.3 is 0 Å². The van der Waals surface area contributed by atoms with Gasteiger partial charge in [-0.05, 0) is 32.4 Å². The maximum Gasteiger partial charge on any atom is 0.130 e. The summed E-state index contributed by atoms with van der Waals surface area (Å²) >= 11 is 0. The van der Waals surface area contributed by atoms with Gasteiger partial charge >= 0.3 is 0 Å². The van der Waals surface area contributed by atoms with Crippen molar-refractivity contribution in [2.24, 2.45) is 0 Å². The summed E-state index contributed by atoms with van der Waals surface area (Å²) in [7, 11) is 0. The molecule has 0 atom stereocenters. The van der Waals surface area contributed by atoms with E-state index in [0.717, 1.165) is 11.1 Å². The average molecular weight is 164 g/mol. The zero-order valence-electron chi connectivity index (χ0n) is 7.69. The Kier molecular flexibility index (Phi) is 2.64. The first kappa shape index (κ1) is 8.98. The zero-order chi connectivity index (χ0) is 9.14. The molecule has 1 aromatic carbocycles. The maximum absolute atomic E-state index is 13.2. The fourth-order valence-electron chi connectivity index (χ4n) is 1.12. The van der Waals surface area contributed by atoms with E-state index in [-0.39, 0.29) is 5.82 Å². The Morgan fingerprint density at radius 3 is 2.50 bits per heavy atom. The van der Waals surface area contributed by atoms with Crippen molar-refractivity contribution in [3.63, 3.8) is 0 Å². The number of benzene rings is 1. The van der Waals surface area contributed by atoms with Crippen molar-refractivity contribution in [3.8, 4) is 0 Å². The molecular formula is C11H13F. The van der Waals surface area contributed by atoms with Crippen LogP contribution in [0.2, 0.25) is 0 Å². The Morgan fingerprint density at radius 2 is 2.00 bits per heavy atom. The van der Waals surface area contributed by atoms with Crippen LogP contribution in [0.15, 0.2) is 23.8 Å². The van der Waals surface area contributed by atoms with E-state index in [1.807, 2.05) is 32.9 Å². The summed E-state index contributed by atoms with van der Waals surface area (Å²) in [5.41, 5.74) is 2.80. The molecule has 0 saturated heterocycles. The zero-order valence-corrected chi connectivity index (χ0v) is 7.69. The quantitative estimate of drug-likeness (QED) is 0.595. The second-order valence-corrected chi connectivity index (χ2v) is 3.19. The SMILES string of the molecule is CC(C)=Cc1c(C)cccc1F. The Balaban J connectivity index is 3.22. The van der Waals surface area contributed by atoms with E-state index in [1.165, 1.54) is 6.07 Å². The standard InChI is InChI=1S/C11H13F/c1-8(2)7-10-9(3)5-4-6-11(10)12/h4-7H,1-3H3. The van der Waals surface area contributed by atoms with Crippen LogP contribution in [0.3, 0.4) is 0 Å². The highest BCUT2D eigenvalue weighted by atomic mass is 19.1. The lowest BCUT2D eigenvalue weighted by atomic mass is 10.1. The number of hydrogen-bond donors (Lipinski definition) is 0. The summed E-state index contributed by atoms with van der Waals surface area (Å²) in [5.74, 6) is -0.142. The van der Waals surface area contributed by atoms with Gasteiger partial charge in [-0.2, -0.15) is 0 Å². The molecule has 0 aliphatic rings. The molecule has 0 heterocycles. The topological polar surface area (TPSA) is 0 Å². The average Bonchev–Trinajstić information content (AvgIpc) is 1.97. The lowest BCUT2D eigenvalue weighted by Crippen LogP contribution is -1.86. The predicted octanol–water partition coefficient (Wildman–Crippen LogP) is 3.56. The third kappa shape index (κ3) is 1.94. The molecule has 0 fully saturated rings. The van der Waals surface area contributed by atoms with E-state index in [1.54, 1.807) is 6.07 Å². The highest BCUT2D eigenvalue weighted by molar-refractivity contribution is 5.56. The van der Waals surface area contributed by atoms with Gasteiger partial charge in [0.15, 0.2) is 0 Å². The van der Waals surface area contributed by atoms with Crippen molar-refractivity contribution in [1.29, 1.82) is 0 Å². The summed E-state index contributed by atoms with van der Waals surface area (Å²) in [5, 5.41) is 0. The Labute approximate surface area is 72.7 Å². The van der Waals surface area contributed by atoms with Crippen LogP contribution in [0, 0.1) is 12.7 Å². The van der Waals surface area contributed by atoms with Crippen LogP contribution in [0.4, 0.5) is 4.39 Å². The third-order valence-corrected chi connectivity index (χ3v) is 1.70. The smallest absolute Gasteiger partial charge is 0.130 e. The van der Waals surface area contributed by atoms with E-state index in [2.05, 4.69) is 0 Å². The van der Waals surface area contributed by atoms with E-state index < -0.39 is 0 Å². The lowest BCUT2D eigenvalue weighted by Gasteiger charge is -2.01. The summed E-state index contributed by atoms with van der Waals surface area (Å²) in [6.07, 6.45) is 1.87. The van der Waals surface area contributed by atoms with E-state index in [4.69, 9.17) is 0 Å². The molecule has 0 radical (unpaired) electrons. The Bertz CT molecular complexity index is 287. The summed E-state index contributed by atoms with van der Waals surface area (Å²) in [6.45, 7) is 5.84. The fourth-order valence-corrected chi connectivity index (χ4v) is 1.12.